The molecule has 2 heterocycles. The first-order valence-electron chi connectivity index (χ1n) is 9.53. The smallest absolute Gasteiger partial charge is 0.0998 e. The van der Waals surface area contributed by atoms with Crippen LogP contribution in [0.25, 0.3) is 17.2 Å². The number of aliphatic imine (C=N–C) groups is 1. The Morgan fingerprint density at radius 1 is 1.15 bits per heavy atom. The lowest BCUT2D eigenvalue weighted by molar-refractivity contribution is 0.313. The molecule has 27 heavy (non-hydrogen) atoms. The van der Waals surface area contributed by atoms with Gasteiger partial charge in [-0.05, 0) is 47.6 Å². The normalized spacial score (nSPS) is 24.3. The predicted octanol–water partition coefficient (Wildman–Crippen LogP) is 5.31. The Balaban J connectivity index is 1.57. The van der Waals surface area contributed by atoms with Crippen molar-refractivity contribution in [3.63, 3.8) is 0 Å². The molecule has 2 aromatic rings. The lowest BCUT2D eigenvalue weighted by Crippen LogP contribution is -2.25. The highest BCUT2D eigenvalue weighted by molar-refractivity contribution is 5.84. The molecular weight excluding hydrogens is 330 g/mol. The van der Waals surface area contributed by atoms with Crippen LogP contribution < -0.4 is 0 Å². The van der Waals surface area contributed by atoms with Gasteiger partial charge in [0.15, 0.2) is 0 Å². The summed E-state index contributed by atoms with van der Waals surface area (Å²) in [4.78, 5) is 9.09. The highest BCUT2D eigenvalue weighted by Crippen LogP contribution is 2.40. The number of allylic oxidation sites excluding steroid dienone is 2. The average Bonchev–Trinajstić information content (AvgIpc) is 3.16. The molecule has 0 spiro atoms. The van der Waals surface area contributed by atoms with Crippen LogP contribution in [0.4, 0.5) is 0 Å². The van der Waals surface area contributed by atoms with E-state index in [0.29, 0.717) is 23.3 Å². The zero-order valence-corrected chi connectivity index (χ0v) is 15.8. The first-order chi connectivity index (χ1) is 13.2. The maximum atomic E-state index is 9.29. The van der Waals surface area contributed by atoms with Crippen LogP contribution in [0.1, 0.15) is 31.5 Å². The average molecular weight is 353 g/mol. The van der Waals surface area contributed by atoms with Crippen molar-refractivity contribution in [3.05, 3.63) is 71.1 Å². The van der Waals surface area contributed by atoms with Gasteiger partial charge in [-0.2, -0.15) is 5.26 Å². The van der Waals surface area contributed by atoms with Crippen molar-refractivity contribution < 1.29 is 0 Å². The van der Waals surface area contributed by atoms with Gasteiger partial charge in [0.1, 0.15) is 0 Å². The lowest BCUT2D eigenvalue weighted by atomic mass is 9.71. The molecule has 1 aromatic heterocycles. The molecule has 0 saturated heterocycles. The number of aromatic nitrogens is 1. The zero-order chi connectivity index (χ0) is 18.8. The number of nitriles is 1. The van der Waals surface area contributed by atoms with Gasteiger partial charge in [-0.3, -0.25) is 9.98 Å². The van der Waals surface area contributed by atoms with E-state index in [1.807, 2.05) is 42.6 Å². The molecule has 0 fully saturated rings. The highest BCUT2D eigenvalue weighted by atomic mass is 14.7. The van der Waals surface area contributed by atoms with Gasteiger partial charge in [0.25, 0.3) is 0 Å². The second-order valence-corrected chi connectivity index (χ2v) is 7.58. The molecule has 0 bridgehead atoms. The Labute approximate surface area is 160 Å². The summed E-state index contributed by atoms with van der Waals surface area (Å²) >= 11 is 0. The van der Waals surface area contributed by atoms with Gasteiger partial charge in [-0.25, -0.2) is 0 Å². The Kier molecular flexibility index (Phi) is 4.73. The molecule has 3 atom stereocenters. The zero-order valence-electron chi connectivity index (χ0n) is 15.8. The van der Waals surface area contributed by atoms with Crippen LogP contribution in [0.3, 0.4) is 0 Å². The standard InChI is InChI=1S/C24H23N3/c1-16-11-20-13-26-15-24(20)22(17(16)2)10-9-21-8-7-19(14-27-21)23-6-4-3-5-18(23)12-25/h3-10,14-17,22H,11,13H2,1-2H3. The molecule has 0 N–H and O–H groups in total. The van der Waals surface area contributed by atoms with Gasteiger partial charge in [0.05, 0.1) is 23.9 Å². The molecule has 4 rings (SSSR count). The summed E-state index contributed by atoms with van der Waals surface area (Å²) in [5.74, 6) is 1.69. The summed E-state index contributed by atoms with van der Waals surface area (Å²) in [5.41, 5.74) is 6.43. The van der Waals surface area contributed by atoms with E-state index in [1.165, 1.54) is 17.6 Å². The third kappa shape index (κ3) is 3.36. The molecule has 0 amide bonds. The fraction of sp³-hybridized carbons (Fsp3) is 0.292. The van der Waals surface area contributed by atoms with Crippen LogP contribution in [0.15, 0.2) is 64.8 Å². The molecule has 3 heteroatoms. The van der Waals surface area contributed by atoms with Crippen molar-refractivity contribution in [2.75, 3.05) is 6.54 Å². The summed E-state index contributed by atoms with van der Waals surface area (Å²) in [6, 6.07) is 13.9. The minimum atomic E-state index is 0.413. The van der Waals surface area contributed by atoms with E-state index in [9.17, 15) is 5.26 Å². The van der Waals surface area contributed by atoms with Gasteiger partial charge in [-0.15, -0.1) is 0 Å². The number of benzene rings is 1. The quantitative estimate of drug-likeness (QED) is 0.751. The Morgan fingerprint density at radius 2 is 2.00 bits per heavy atom. The van der Waals surface area contributed by atoms with Gasteiger partial charge in [0, 0.05) is 29.5 Å². The van der Waals surface area contributed by atoms with E-state index in [2.05, 4.69) is 48.3 Å². The number of hydrogen-bond donors (Lipinski definition) is 0. The maximum Gasteiger partial charge on any atom is 0.0998 e. The van der Waals surface area contributed by atoms with E-state index in [4.69, 9.17) is 0 Å². The number of hydrogen-bond acceptors (Lipinski definition) is 3. The van der Waals surface area contributed by atoms with Crippen LogP contribution in [0, 0.1) is 29.1 Å². The third-order valence-electron chi connectivity index (χ3n) is 5.93. The number of rotatable bonds is 3. The van der Waals surface area contributed by atoms with Crippen LogP contribution in [0.2, 0.25) is 0 Å². The SMILES string of the molecule is CC1CC2=C(C=NC2)C(C=Cc2ccc(-c3ccccc3C#N)cn2)C1C. The second kappa shape index (κ2) is 7.32. The van der Waals surface area contributed by atoms with Crippen molar-refractivity contribution in [2.24, 2.45) is 22.7 Å². The summed E-state index contributed by atoms with van der Waals surface area (Å²) in [6.07, 6.45) is 9.51. The van der Waals surface area contributed by atoms with Gasteiger partial charge >= 0.3 is 0 Å². The number of pyridine rings is 1. The van der Waals surface area contributed by atoms with E-state index in [0.717, 1.165) is 23.4 Å². The Morgan fingerprint density at radius 3 is 2.78 bits per heavy atom. The van der Waals surface area contributed by atoms with Gasteiger partial charge in [-0.1, -0.05) is 44.2 Å². The molecule has 0 saturated carbocycles. The molecule has 3 nitrogen and oxygen atoms in total. The Bertz CT molecular complexity index is 973. The molecule has 3 unspecified atom stereocenters. The van der Waals surface area contributed by atoms with Crippen molar-refractivity contribution in [1.82, 2.24) is 4.98 Å². The third-order valence-corrected chi connectivity index (χ3v) is 5.93. The summed E-state index contributed by atoms with van der Waals surface area (Å²) in [6.45, 7) is 5.56. The highest BCUT2D eigenvalue weighted by Gasteiger charge is 2.32. The van der Waals surface area contributed by atoms with Gasteiger partial charge in [0.2, 0.25) is 0 Å². The molecule has 134 valence electrons. The summed E-state index contributed by atoms with van der Waals surface area (Å²) in [7, 11) is 0. The van der Waals surface area contributed by atoms with E-state index in [1.54, 1.807) is 0 Å². The predicted molar refractivity (Wildman–Crippen MR) is 110 cm³/mol. The van der Waals surface area contributed by atoms with Crippen molar-refractivity contribution in [1.29, 1.82) is 5.26 Å². The Hall–Kier alpha value is -2.99. The fourth-order valence-corrected chi connectivity index (χ4v) is 4.13. The molecular formula is C24H23N3. The molecule has 1 aliphatic carbocycles. The van der Waals surface area contributed by atoms with Crippen LogP contribution in [0.5, 0.6) is 0 Å². The molecule has 0 radical (unpaired) electrons. The first-order valence-corrected chi connectivity index (χ1v) is 9.53. The monoisotopic (exact) mass is 353 g/mol. The maximum absolute atomic E-state index is 9.29. The lowest BCUT2D eigenvalue weighted by Gasteiger charge is -2.33. The van der Waals surface area contributed by atoms with Crippen LogP contribution in [-0.2, 0) is 0 Å². The van der Waals surface area contributed by atoms with Crippen LogP contribution >= 0.6 is 0 Å². The van der Waals surface area contributed by atoms with Crippen molar-refractivity contribution in [2.45, 2.75) is 20.3 Å². The molecule has 1 aliphatic heterocycles. The summed E-state index contributed by atoms with van der Waals surface area (Å²) < 4.78 is 0. The first kappa shape index (κ1) is 17.4. The van der Waals surface area contributed by atoms with Gasteiger partial charge < -0.3 is 0 Å². The van der Waals surface area contributed by atoms with Crippen LogP contribution in [-0.4, -0.2) is 17.7 Å². The minimum absolute atomic E-state index is 0.413. The minimum Gasteiger partial charge on any atom is -0.288 e. The van der Waals surface area contributed by atoms with E-state index < -0.39 is 0 Å². The number of nitrogens with zero attached hydrogens (tertiary/aromatic N) is 3. The molecule has 2 aliphatic rings. The molecule has 1 aromatic carbocycles. The van der Waals surface area contributed by atoms with Crippen molar-refractivity contribution in [3.8, 4) is 17.2 Å². The fourth-order valence-electron chi connectivity index (χ4n) is 4.13. The van der Waals surface area contributed by atoms with E-state index in [-0.39, 0.29) is 0 Å². The van der Waals surface area contributed by atoms with E-state index >= 15 is 0 Å². The largest absolute Gasteiger partial charge is 0.288 e. The topological polar surface area (TPSA) is 49.0 Å². The summed E-state index contributed by atoms with van der Waals surface area (Å²) in [5, 5.41) is 9.29. The second-order valence-electron chi connectivity index (χ2n) is 7.58. The van der Waals surface area contributed by atoms with Crippen molar-refractivity contribution >= 4 is 12.3 Å².